The summed E-state index contributed by atoms with van der Waals surface area (Å²) < 4.78 is 2.17. The van der Waals surface area contributed by atoms with E-state index in [0.717, 1.165) is 6.54 Å². The van der Waals surface area contributed by atoms with E-state index in [9.17, 15) is 5.11 Å². The predicted octanol–water partition coefficient (Wildman–Crippen LogP) is 3.86. The van der Waals surface area contributed by atoms with Crippen LogP contribution in [0.1, 0.15) is 44.6 Å². The molecule has 3 nitrogen and oxygen atoms in total. The van der Waals surface area contributed by atoms with Crippen molar-refractivity contribution in [1.29, 1.82) is 0 Å². The van der Waals surface area contributed by atoms with Crippen molar-refractivity contribution in [3.05, 3.63) is 42.4 Å². The molecule has 21 heavy (non-hydrogen) atoms. The first-order chi connectivity index (χ1) is 10.3. The van der Waals surface area contributed by atoms with Gasteiger partial charge in [-0.1, -0.05) is 43.5 Å². The fraction of sp³-hybridized carbons (Fsp3) is 0.500. The average molecular weight is 284 g/mol. The maximum atomic E-state index is 9.18. The van der Waals surface area contributed by atoms with E-state index < -0.39 is 0 Å². The van der Waals surface area contributed by atoms with Gasteiger partial charge < -0.3 is 9.67 Å². The number of hydrogen-bond acceptors (Lipinski definition) is 2. The quantitative estimate of drug-likeness (QED) is 0.737. The van der Waals surface area contributed by atoms with Crippen LogP contribution in [0.15, 0.2) is 36.8 Å². The van der Waals surface area contributed by atoms with E-state index in [2.05, 4.69) is 33.8 Å². The summed E-state index contributed by atoms with van der Waals surface area (Å²) in [7, 11) is 0. The van der Waals surface area contributed by atoms with Gasteiger partial charge in [-0.15, -0.1) is 0 Å². The van der Waals surface area contributed by atoms with Gasteiger partial charge in [0.2, 0.25) is 0 Å². The van der Waals surface area contributed by atoms with Crippen LogP contribution in [0.5, 0.6) is 0 Å². The van der Waals surface area contributed by atoms with Crippen LogP contribution in [0, 0.1) is 5.92 Å². The van der Waals surface area contributed by atoms with E-state index in [-0.39, 0.29) is 6.10 Å². The van der Waals surface area contributed by atoms with Crippen LogP contribution in [0.3, 0.4) is 0 Å². The lowest BCUT2D eigenvalue weighted by atomic mass is 9.86. The lowest BCUT2D eigenvalue weighted by Crippen LogP contribution is -2.19. The number of imidazole rings is 1. The average Bonchev–Trinajstić information content (AvgIpc) is 3.09. The summed E-state index contributed by atoms with van der Waals surface area (Å²) in [6.07, 6.45) is 10.3. The first kappa shape index (κ1) is 14.3. The summed E-state index contributed by atoms with van der Waals surface area (Å²) >= 11 is 0. The molecule has 1 aliphatic carbocycles. The summed E-state index contributed by atoms with van der Waals surface area (Å²) in [6.45, 7) is 2.89. The van der Waals surface area contributed by atoms with Gasteiger partial charge in [0, 0.05) is 12.1 Å². The van der Waals surface area contributed by atoms with Gasteiger partial charge in [0.15, 0.2) is 0 Å². The summed E-state index contributed by atoms with van der Waals surface area (Å²) in [5.41, 5.74) is 3.97. The van der Waals surface area contributed by atoms with Crippen molar-refractivity contribution in [3.63, 3.8) is 0 Å². The summed E-state index contributed by atoms with van der Waals surface area (Å²) in [5, 5.41) is 9.18. The molecule has 2 aliphatic rings. The van der Waals surface area contributed by atoms with E-state index in [1.165, 1.54) is 48.9 Å². The zero-order valence-corrected chi connectivity index (χ0v) is 12.7. The highest BCUT2D eigenvalue weighted by molar-refractivity contribution is 5.67. The Kier molecular flexibility index (Phi) is 4.39. The standard InChI is InChI=1S/C10H8N2.C8H16O/c1-2-4-9-8(3-1)6-12-7-11-5-10(9)12;1-7(9)8-5-3-2-4-6-8/h1-5,7H,6H2;7-9H,2-6H2,1H3. The van der Waals surface area contributed by atoms with Crippen molar-refractivity contribution in [1.82, 2.24) is 9.55 Å². The molecule has 112 valence electrons. The predicted molar refractivity (Wildman–Crippen MR) is 85.0 cm³/mol. The Balaban J connectivity index is 0.000000133. The van der Waals surface area contributed by atoms with Gasteiger partial charge in [0.1, 0.15) is 0 Å². The molecule has 1 aromatic carbocycles. The number of aliphatic hydroxyl groups excluding tert-OH is 1. The second kappa shape index (κ2) is 6.44. The highest BCUT2D eigenvalue weighted by Gasteiger charge is 2.17. The van der Waals surface area contributed by atoms with Crippen LogP contribution in [0.25, 0.3) is 11.3 Å². The molecule has 1 N–H and O–H groups in total. The maximum absolute atomic E-state index is 9.18. The fourth-order valence-corrected chi connectivity index (χ4v) is 3.38. The molecule has 1 fully saturated rings. The van der Waals surface area contributed by atoms with Gasteiger partial charge >= 0.3 is 0 Å². The van der Waals surface area contributed by atoms with E-state index in [1.807, 2.05) is 19.4 Å². The van der Waals surface area contributed by atoms with Crippen molar-refractivity contribution in [2.24, 2.45) is 5.92 Å². The Bertz CT molecular complexity index is 582. The maximum Gasteiger partial charge on any atom is 0.0954 e. The topological polar surface area (TPSA) is 38.0 Å². The van der Waals surface area contributed by atoms with Gasteiger partial charge in [-0.25, -0.2) is 4.98 Å². The summed E-state index contributed by atoms with van der Waals surface area (Å²) in [6, 6.07) is 8.47. The lowest BCUT2D eigenvalue weighted by Gasteiger charge is -2.23. The van der Waals surface area contributed by atoms with E-state index in [4.69, 9.17) is 0 Å². The van der Waals surface area contributed by atoms with Crippen LogP contribution in [-0.4, -0.2) is 20.8 Å². The minimum atomic E-state index is -0.0645. The molecule has 0 bridgehead atoms. The molecule has 2 heterocycles. The van der Waals surface area contributed by atoms with Crippen LogP contribution in [0.2, 0.25) is 0 Å². The molecule has 0 radical (unpaired) electrons. The number of hydrogen-bond donors (Lipinski definition) is 1. The summed E-state index contributed by atoms with van der Waals surface area (Å²) in [5.74, 6) is 0.610. The first-order valence-corrected chi connectivity index (χ1v) is 8.02. The molecule has 1 atom stereocenters. The molecule has 4 rings (SSSR count). The second-order valence-corrected chi connectivity index (χ2v) is 6.20. The zero-order valence-electron chi connectivity index (χ0n) is 12.7. The molecular formula is C18H24N2O. The van der Waals surface area contributed by atoms with Crippen molar-refractivity contribution < 1.29 is 5.11 Å². The number of rotatable bonds is 1. The monoisotopic (exact) mass is 284 g/mol. The molecule has 2 aromatic rings. The minimum absolute atomic E-state index is 0.0645. The third kappa shape index (κ3) is 3.18. The number of benzene rings is 1. The fourth-order valence-electron chi connectivity index (χ4n) is 3.38. The molecule has 1 saturated carbocycles. The minimum Gasteiger partial charge on any atom is -0.393 e. The largest absolute Gasteiger partial charge is 0.393 e. The SMILES string of the molecule is CC(O)C1CCCCC1.c1ccc2c(c1)Cn1cncc1-2. The van der Waals surface area contributed by atoms with Gasteiger partial charge in [-0.05, 0) is 31.2 Å². The van der Waals surface area contributed by atoms with Crippen LogP contribution < -0.4 is 0 Å². The van der Waals surface area contributed by atoms with Gasteiger partial charge in [0.25, 0.3) is 0 Å². The lowest BCUT2D eigenvalue weighted by molar-refractivity contribution is 0.101. The molecular weight excluding hydrogens is 260 g/mol. The molecule has 0 saturated heterocycles. The molecule has 1 aromatic heterocycles. The number of aliphatic hydroxyl groups is 1. The van der Waals surface area contributed by atoms with Crippen LogP contribution in [-0.2, 0) is 6.54 Å². The Morgan fingerprint density at radius 3 is 2.67 bits per heavy atom. The molecule has 0 spiro atoms. The third-order valence-electron chi connectivity index (χ3n) is 4.68. The Hall–Kier alpha value is -1.61. The molecule has 1 unspecified atom stereocenters. The van der Waals surface area contributed by atoms with Crippen molar-refractivity contribution in [2.75, 3.05) is 0 Å². The Labute approximate surface area is 126 Å². The van der Waals surface area contributed by atoms with Crippen LogP contribution >= 0.6 is 0 Å². The zero-order chi connectivity index (χ0) is 14.7. The van der Waals surface area contributed by atoms with Gasteiger partial charge in [0.05, 0.1) is 24.3 Å². The normalized spacial score (nSPS) is 18.4. The Morgan fingerprint density at radius 1 is 1.19 bits per heavy atom. The number of nitrogens with zero attached hydrogens (tertiary/aromatic N) is 2. The van der Waals surface area contributed by atoms with Crippen molar-refractivity contribution in [3.8, 4) is 11.3 Å². The molecule has 3 heteroatoms. The van der Waals surface area contributed by atoms with E-state index in [1.54, 1.807) is 0 Å². The number of fused-ring (bicyclic) bond motifs is 3. The third-order valence-corrected chi connectivity index (χ3v) is 4.68. The van der Waals surface area contributed by atoms with Gasteiger partial charge in [-0.3, -0.25) is 0 Å². The van der Waals surface area contributed by atoms with E-state index in [0.29, 0.717) is 5.92 Å². The highest BCUT2D eigenvalue weighted by Crippen LogP contribution is 2.30. The molecule has 1 aliphatic heterocycles. The van der Waals surface area contributed by atoms with Crippen LogP contribution in [0.4, 0.5) is 0 Å². The smallest absolute Gasteiger partial charge is 0.0954 e. The van der Waals surface area contributed by atoms with Crippen molar-refractivity contribution >= 4 is 0 Å². The highest BCUT2D eigenvalue weighted by atomic mass is 16.3. The van der Waals surface area contributed by atoms with Gasteiger partial charge in [-0.2, -0.15) is 0 Å². The van der Waals surface area contributed by atoms with Crippen molar-refractivity contribution in [2.45, 2.75) is 51.7 Å². The second-order valence-electron chi connectivity index (χ2n) is 6.20. The summed E-state index contributed by atoms with van der Waals surface area (Å²) in [4.78, 5) is 4.11. The Morgan fingerprint density at radius 2 is 1.95 bits per heavy atom. The van der Waals surface area contributed by atoms with E-state index >= 15 is 0 Å². The first-order valence-electron chi connectivity index (χ1n) is 8.02. The number of aromatic nitrogens is 2. The molecule has 0 amide bonds.